The number of rotatable bonds is 10. The van der Waals surface area contributed by atoms with Crippen molar-refractivity contribution in [2.75, 3.05) is 13.1 Å². The molecule has 0 aliphatic carbocycles. The summed E-state index contributed by atoms with van der Waals surface area (Å²) in [6.07, 6.45) is 0. The normalized spacial score (nSPS) is 12.7. The van der Waals surface area contributed by atoms with E-state index >= 15 is 0 Å². The van der Waals surface area contributed by atoms with Crippen molar-refractivity contribution in [3.8, 4) is 0 Å². The van der Waals surface area contributed by atoms with Crippen molar-refractivity contribution in [3.05, 3.63) is 119 Å². The predicted octanol–water partition coefficient (Wildman–Crippen LogP) is 7.70. The molecule has 214 valence electrons. The van der Waals surface area contributed by atoms with Crippen LogP contribution in [0.2, 0.25) is 0 Å². The molecule has 6 nitrogen and oxygen atoms in total. The molecule has 1 aromatic heterocycles. The van der Waals surface area contributed by atoms with Crippen LogP contribution in [0.4, 0.5) is 0 Å². The van der Waals surface area contributed by atoms with Crippen LogP contribution in [0, 0.1) is 6.92 Å². The number of hydrogen-bond donors (Lipinski definition) is 0. The molecule has 0 aliphatic heterocycles. The van der Waals surface area contributed by atoms with Gasteiger partial charge in [-0.3, -0.25) is 9.69 Å². The molecule has 1 atom stereocenters. The van der Waals surface area contributed by atoms with Crippen LogP contribution in [0.1, 0.15) is 66.3 Å². The largest absolute Gasteiger partial charge is 0.356 e. The smallest absolute Gasteiger partial charge is 0.341 e. The van der Waals surface area contributed by atoms with Crippen molar-refractivity contribution in [2.24, 2.45) is 5.16 Å². The number of carbonyl (C=O) groups excluding carboxylic acids is 2. The fourth-order valence-corrected chi connectivity index (χ4v) is 5.73. The summed E-state index contributed by atoms with van der Waals surface area (Å²) in [5.74, 6) is -0.401. The van der Waals surface area contributed by atoms with Gasteiger partial charge in [-0.25, -0.2) is 4.79 Å². The van der Waals surface area contributed by atoms with E-state index in [0.29, 0.717) is 29.9 Å². The summed E-state index contributed by atoms with van der Waals surface area (Å²) in [5.41, 5.74) is 6.78. The Hall–Kier alpha value is -4.55. The van der Waals surface area contributed by atoms with Gasteiger partial charge in [-0.2, -0.15) is 0 Å². The maximum Gasteiger partial charge on any atom is 0.356 e. The second-order valence-corrected chi connectivity index (χ2v) is 10.5. The van der Waals surface area contributed by atoms with Crippen molar-refractivity contribution in [1.82, 2.24) is 9.47 Å². The first-order valence-corrected chi connectivity index (χ1v) is 14.6. The zero-order chi connectivity index (χ0) is 29.8. The summed E-state index contributed by atoms with van der Waals surface area (Å²) >= 11 is 0. The first kappa shape index (κ1) is 29.0. The molecule has 5 rings (SSSR count). The third-order valence-electron chi connectivity index (χ3n) is 8.04. The third kappa shape index (κ3) is 5.50. The van der Waals surface area contributed by atoms with Gasteiger partial charge in [0.25, 0.3) is 0 Å². The summed E-state index contributed by atoms with van der Waals surface area (Å²) in [4.78, 5) is 34.3. The van der Waals surface area contributed by atoms with E-state index in [9.17, 15) is 9.59 Å². The van der Waals surface area contributed by atoms with E-state index in [1.165, 1.54) is 0 Å². The lowest BCUT2D eigenvalue weighted by Crippen LogP contribution is -2.34. The van der Waals surface area contributed by atoms with Gasteiger partial charge < -0.3 is 9.40 Å². The number of likely N-dealkylation sites (N-methyl/N-ethyl adjacent to an activating group) is 1. The SMILES string of the molecule is CCN(CC)C(C(=O)O/N=C(\C)c1ccc2c(c1)c1cc(C(=O)c3ccccc3C)ccc1n2CC)c1ccccc1. The maximum atomic E-state index is 13.4. The molecule has 0 amide bonds. The molecule has 5 aromatic rings. The Kier molecular flexibility index (Phi) is 8.64. The Morgan fingerprint density at radius 2 is 1.40 bits per heavy atom. The fraction of sp³-hybridized carbons (Fsp3) is 0.250. The van der Waals surface area contributed by atoms with Crippen molar-refractivity contribution < 1.29 is 14.4 Å². The Morgan fingerprint density at radius 3 is 2.02 bits per heavy atom. The zero-order valence-corrected chi connectivity index (χ0v) is 24.9. The Labute approximate surface area is 247 Å². The van der Waals surface area contributed by atoms with Crippen molar-refractivity contribution in [3.63, 3.8) is 0 Å². The highest BCUT2D eigenvalue weighted by molar-refractivity contribution is 6.16. The first-order valence-electron chi connectivity index (χ1n) is 14.6. The average molecular weight is 560 g/mol. The number of oxime groups is 1. The highest BCUT2D eigenvalue weighted by Gasteiger charge is 2.28. The summed E-state index contributed by atoms with van der Waals surface area (Å²) < 4.78 is 2.25. The number of ketones is 1. The second kappa shape index (κ2) is 12.5. The third-order valence-corrected chi connectivity index (χ3v) is 8.04. The molecule has 0 saturated carbocycles. The maximum absolute atomic E-state index is 13.4. The molecule has 0 saturated heterocycles. The van der Waals surface area contributed by atoms with Crippen LogP contribution < -0.4 is 0 Å². The average Bonchev–Trinajstić information content (AvgIpc) is 3.34. The standard InChI is InChI=1S/C36H37N3O3/c1-6-38(7-2)34(26-15-10-9-11-16-26)36(41)42-37-25(5)27-18-20-32-30(22-27)31-23-28(19-21-33(31)39(32)8-3)35(40)29-17-13-12-14-24(29)4/h9-23,34H,6-8H2,1-5H3/b37-25+. The first-order chi connectivity index (χ1) is 20.4. The molecule has 0 spiro atoms. The number of carbonyl (C=O) groups is 2. The number of aromatic nitrogens is 1. The fourth-order valence-electron chi connectivity index (χ4n) is 5.73. The zero-order valence-electron chi connectivity index (χ0n) is 24.9. The van der Waals surface area contributed by atoms with E-state index in [0.717, 1.165) is 45.0 Å². The van der Waals surface area contributed by atoms with Crippen LogP contribution in [0.3, 0.4) is 0 Å². The predicted molar refractivity (Wildman–Crippen MR) is 170 cm³/mol. The van der Waals surface area contributed by atoms with Crippen LogP contribution in [-0.2, 0) is 16.2 Å². The van der Waals surface area contributed by atoms with Crippen LogP contribution in [0.25, 0.3) is 21.8 Å². The van der Waals surface area contributed by atoms with E-state index in [1.807, 2.05) is 107 Å². The van der Waals surface area contributed by atoms with E-state index in [1.54, 1.807) is 0 Å². The second-order valence-electron chi connectivity index (χ2n) is 10.5. The highest BCUT2D eigenvalue weighted by atomic mass is 16.7. The van der Waals surface area contributed by atoms with Gasteiger partial charge in [0.15, 0.2) is 5.78 Å². The molecule has 1 heterocycles. The van der Waals surface area contributed by atoms with Gasteiger partial charge in [0.05, 0.1) is 5.71 Å². The number of benzene rings is 4. The number of nitrogens with zero attached hydrogens (tertiary/aromatic N) is 3. The summed E-state index contributed by atoms with van der Waals surface area (Å²) in [6.45, 7) is 12.2. The van der Waals surface area contributed by atoms with E-state index in [-0.39, 0.29) is 5.78 Å². The molecular formula is C36H37N3O3. The molecule has 1 unspecified atom stereocenters. The van der Waals surface area contributed by atoms with Crippen LogP contribution in [0.5, 0.6) is 0 Å². The van der Waals surface area contributed by atoms with Crippen molar-refractivity contribution in [2.45, 2.75) is 47.2 Å². The number of fused-ring (bicyclic) bond motifs is 3. The molecule has 42 heavy (non-hydrogen) atoms. The lowest BCUT2D eigenvalue weighted by molar-refractivity contribution is -0.150. The molecule has 0 fully saturated rings. The topological polar surface area (TPSA) is 63.9 Å². The molecular weight excluding hydrogens is 522 g/mol. The van der Waals surface area contributed by atoms with Gasteiger partial charge >= 0.3 is 5.97 Å². The van der Waals surface area contributed by atoms with E-state index in [4.69, 9.17) is 4.84 Å². The van der Waals surface area contributed by atoms with Gasteiger partial charge in [-0.1, -0.05) is 79.7 Å². The summed E-state index contributed by atoms with van der Waals surface area (Å²) in [6, 6.07) is 28.9. The monoisotopic (exact) mass is 559 g/mol. The molecule has 6 heteroatoms. The Bertz CT molecular complexity index is 1780. The Morgan fingerprint density at radius 1 is 0.810 bits per heavy atom. The highest BCUT2D eigenvalue weighted by Crippen LogP contribution is 2.32. The Balaban J connectivity index is 1.50. The van der Waals surface area contributed by atoms with Gasteiger partial charge in [-0.15, -0.1) is 0 Å². The summed E-state index contributed by atoms with van der Waals surface area (Å²) in [5, 5.41) is 6.31. The van der Waals surface area contributed by atoms with Crippen LogP contribution in [0.15, 0.2) is 96.2 Å². The minimum atomic E-state index is -0.535. The minimum Gasteiger partial charge on any atom is -0.341 e. The molecule has 0 bridgehead atoms. The molecule has 4 aromatic carbocycles. The quantitative estimate of drug-likeness (QED) is 0.0761. The molecule has 0 radical (unpaired) electrons. The number of hydrogen-bond acceptors (Lipinski definition) is 5. The van der Waals surface area contributed by atoms with Crippen LogP contribution in [-0.4, -0.2) is 40.0 Å². The minimum absolute atomic E-state index is 0.00869. The molecule has 0 aliphatic rings. The van der Waals surface area contributed by atoms with Gasteiger partial charge in [0.1, 0.15) is 6.04 Å². The van der Waals surface area contributed by atoms with Gasteiger partial charge in [0.2, 0.25) is 0 Å². The van der Waals surface area contributed by atoms with Crippen LogP contribution >= 0.6 is 0 Å². The lowest BCUT2D eigenvalue weighted by Gasteiger charge is -2.27. The van der Waals surface area contributed by atoms with Gasteiger partial charge in [-0.05, 0) is 80.9 Å². The van der Waals surface area contributed by atoms with E-state index < -0.39 is 12.0 Å². The molecule has 0 N–H and O–H groups in total. The van der Waals surface area contributed by atoms with Gasteiger partial charge in [0, 0.05) is 39.5 Å². The van der Waals surface area contributed by atoms with E-state index in [2.05, 4.69) is 33.7 Å². The number of aryl methyl sites for hydroxylation is 2. The van der Waals surface area contributed by atoms with Crippen molar-refractivity contribution >= 4 is 39.3 Å². The lowest BCUT2D eigenvalue weighted by atomic mass is 9.97. The summed E-state index contributed by atoms with van der Waals surface area (Å²) in [7, 11) is 0. The van der Waals surface area contributed by atoms with Crippen molar-refractivity contribution in [1.29, 1.82) is 0 Å².